The van der Waals surface area contributed by atoms with Gasteiger partial charge in [0, 0.05) is 5.56 Å². The summed E-state index contributed by atoms with van der Waals surface area (Å²) in [6.07, 6.45) is 0. The fourth-order valence-electron chi connectivity index (χ4n) is 1.71. The van der Waals surface area contributed by atoms with Gasteiger partial charge >= 0.3 is 0 Å². The zero-order valence-corrected chi connectivity index (χ0v) is 11.1. The van der Waals surface area contributed by atoms with Crippen molar-refractivity contribution in [2.45, 2.75) is 6.92 Å². The highest BCUT2D eigenvalue weighted by Crippen LogP contribution is 2.34. The summed E-state index contributed by atoms with van der Waals surface area (Å²) in [5.41, 5.74) is 12.0. The molecule has 104 valence electrons. The summed E-state index contributed by atoms with van der Waals surface area (Å²) >= 11 is 0. The van der Waals surface area contributed by atoms with Crippen LogP contribution in [0, 0.1) is 0 Å². The minimum Gasteiger partial charge on any atom is -0.492 e. The number of carbonyl (C=O) groups excluding carboxylic acids is 1. The first-order valence-electron chi connectivity index (χ1n) is 6.21. The van der Waals surface area contributed by atoms with Crippen molar-refractivity contribution in [1.29, 1.82) is 0 Å². The summed E-state index contributed by atoms with van der Waals surface area (Å²) in [5.74, 6) is 1.17. The van der Waals surface area contributed by atoms with E-state index in [9.17, 15) is 4.79 Å². The van der Waals surface area contributed by atoms with Gasteiger partial charge in [-0.2, -0.15) is 0 Å². The van der Waals surface area contributed by atoms with Gasteiger partial charge in [-0.25, -0.2) is 0 Å². The Morgan fingerprint density at radius 2 is 1.75 bits per heavy atom. The Labute approximate surface area is 117 Å². The molecule has 20 heavy (non-hydrogen) atoms. The molecule has 0 radical (unpaired) electrons. The number of benzene rings is 2. The Morgan fingerprint density at radius 3 is 2.35 bits per heavy atom. The highest BCUT2D eigenvalue weighted by molar-refractivity contribution is 5.92. The van der Waals surface area contributed by atoms with Crippen molar-refractivity contribution < 1.29 is 14.3 Å². The summed E-state index contributed by atoms with van der Waals surface area (Å²) in [6, 6.07) is 11.8. The predicted octanol–water partition coefficient (Wildman–Crippen LogP) is 2.56. The molecule has 0 unspecified atom stereocenters. The molecule has 0 fully saturated rings. The van der Waals surface area contributed by atoms with E-state index in [-0.39, 0.29) is 0 Å². The van der Waals surface area contributed by atoms with Crippen molar-refractivity contribution in [2.75, 3.05) is 12.3 Å². The second-order valence-electron chi connectivity index (χ2n) is 4.09. The quantitative estimate of drug-likeness (QED) is 0.819. The van der Waals surface area contributed by atoms with Crippen molar-refractivity contribution >= 4 is 11.6 Å². The number of carbonyl (C=O) groups is 1. The van der Waals surface area contributed by atoms with Gasteiger partial charge in [0.05, 0.1) is 6.61 Å². The van der Waals surface area contributed by atoms with Crippen LogP contribution in [0.4, 0.5) is 5.69 Å². The van der Waals surface area contributed by atoms with Gasteiger partial charge in [0.1, 0.15) is 17.2 Å². The van der Waals surface area contributed by atoms with E-state index < -0.39 is 5.91 Å². The largest absolute Gasteiger partial charge is 0.492 e. The summed E-state index contributed by atoms with van der Waals surface area (Å²) < 4.78 is 11.1. The van der Waals surface area contributed by atoms with Crippen molar-refractivity contribution in [3.63, 3.8) is 0 Å². The molecule has 4 N–H and O–H groups in total. The van der Waals surface area contributed by atoms with Crippen LogP contribution >= 0.6 is 0 Å². The molecule has 0 heterocycles. The Bertz CT molecular complexity index is 609. The topological polar surface area (TPSA) is 87.6 Å². The maximum Gasteiger partial charge on any atom is 0.248 e. The fourth-order valence-corrected chi connectivity index (χ4v) is 1.71. The monoisotopic (exact) mass is 272 g/mol. The smallest absolute Gasteiger partial charge is 0.248 e. The molecular weight excluding hydrogens is 256 g/mol. The zero-order valence-electron chi connectivity index (χ0n) is 11.1. The van der Waals surface area contributed by atoms with E-state index in [4.69, 9.17) is 20.9 Å². The fraction of sp³-hybridized carbons (Fsp3) is 0.133. The van der Waals surface area contributed by atoms with Gasteiger partial charge in [0.15, 0.2) is 5.75 Å². The Balaban J connectivity index is 2.21. The van der Waals surface area contributed by atoms with Crippen molar-refractivity contribution in [3.8, 4) is 17.2 Å². The van der Waals surface area contributed by atoms with E-state index in [0.29, 0.717) is 35.1 Å². The first-order chi connectivity index (χ1) is 9.61. The number of primary amides is 1. The first kappa shape index (κ1) is 13.7. The number of nitrogen functional groups attached to an aromatic ring is 1. The lowest BCUT2D eigenvalue weighted by Crippen LogP contribution is -2.10. The number of nitrogens with two attached hydrogens (primary N) is 2. The molecule has 0 atom stereocenters. The summed E-state index contributed by atoms with van der Waals surface area (Å²) in [6.45, 7) is 2.41. The maximum absolute atomic E-state index is 11.0. The molecule has 0 saturated heterocycles. The average Bonchev–Trinajstić information content (AvgIpc) is 2.44. The second-order valence-corrected chi connectivity index (χ2v) is 4.09. The molecule has 2 rings (SSSR count). The van der Waals surface area contributed by atoms with E-state index in [2.05, 4.69) is 0 Å². The number of para-hydroxylation sites is 1. The Kier molecular flexibility index (Phi) is 4.10. The number of rotatable bonds is 5. The molecule has 1 amide bonds. The second kappa shape index (κ2) is 5.97. The van der Waals surface area contributed by atoms with Crippen LogP contribution in [0.3, 0.4) is 0 Å². The van der Waals surface area contributed by atoms with Gasteiger partial charge in [-0.05, 0) is 43.3 Å². The highest BCUT2D eigenvalue weighted by atomic mass is 16.5. The molecule has 0 aliphatic heterocycles. The van der Waals surface area contributed by atoms with Crippen LogP contribution in [-0.2, 0) is 0 Å². The Morgan fingerprint density at radius 1 is 1.10 bits per heavy atom. The molecule has 2 aromatic carbocycles. The lowest BCUT2D eigenvalue weighted by Gasteiger charge is -2.12. The van der Waals surface area contributed by atoms with Crippen molar-refractivity contribution in [1.82, 2.24) is 0 Å². The lowest BCUT2D eigenvalue weighted by molar-refractivity contribution is 0.100. The highest BCUT2D eigenvalue weighted by Gasteiger charge is 2.08. The van der Waals surface area contributed by atoms with Crippen LogP contribution in [0.1, 0.15) is 17.3 Å². The number of amides is 1. The van der Waals surface area contributed by atoms with Gasteiger partial charge in [-0.3, -0.25) is 4.79 Å². The molecule has 5 nitrogen and oxygen atoms in total. The van der Waals surface area contributed by atoms with Gasteiger partial charge in [-0.15, -0.1) is 0 Å². The van der Waals surface area contributed by atoms with Crippen molar-refractivity contribution in [2.24, 2.45) is 5.73 Å². The van der Waals surface area contributed by atoms with E-state index in [1.165, 1.54) is 0 Å². The van der Waals surface area contributed by atoms with Gasteiger partial charge in [0.2, 0.25) is 5.91 Å². The van der Waals surface area contributed by atoms with E-state index in [1.54, 1.807) is 42.5 Å². The lowest BCUT2D eigenvalue weighted by atomic mass is 10.2. The van der Waals surface area contributed by atoms with Gasteiger partial charge in [0.25, 0.3) is 0 Å². The van der Waals surface area contributed by atoms with Crippen molar-refractivity contribution in [3.05, 3.63) is 48.0 Å². The van der Waals surface area contributed by atoms with Crippen LogP contribution in [0.25, 0.3) is 0 Å². The third-order valence-electron chi connectivity index (χ3n) is 2.69. The minimum absolute atomic E-state index is 0.424. The molecule has 0 saturated carbocycles. The zero-order chi connectivity index (χ0) is 14.5. The summed E-state index contributed by atoms with van der Waals surface area (Å²) in [7, 11) is 0. The number of hydrogen-bond donors (Lipinski definition) is 2. The first-order valence-corrected chi connectivity index (χ1v) is 6.21. The van der Waals surface area contributed by atoms with Crippen LogP contribution in [-0.4, -0.2) is 12.5 Å². The standard InChI is InChI=1S/C15H16N2O3/c1-2-19-12-4-3-5-13(14(12)16)20-11-8-6-10(7-9-11)15(17)18/h3-9H,2,16H2,1H3,(H2,17,18). The molecule has 0 aromatic heterocycles. The van der Waals surface area contributed by atoms with Gasteiger partial charge < -0.3 is 20.9 Å². The van der Waals surface area contributed by atoms with Gasteiger partial charge in [-0.1, -0.05) is 6.07 Å². The SMILES string of the molecule is CCOc1cccc(Oc2ccc(C(N)=O)cc2)c1N. The molecule has 2 aromatic rings. The molecule has 5 heteroatoms. The number of ether oxygens (including phenoxy) is 2. The molecule has 0 aliphatic rings. The Hall–Kier alpha value is -2.69. The normalized spacial score (nSPS) is 10.1. The summed E-state index contributed by atoms with van der Waals surface area (Å²) in [4.78, 5) is 11.0. The number of anilines is 1. The van der Waals surface area contributed by atoms with Crippen LogP contribution in [0.5, 0.6) is 17.2 Å². The molecule has 0 spiro atoms. The molecular formula is C15H16N2O3. The van der Waals surface area contributed by atoms with Crippen LogP contribution < -0.4 is 20.9 Å². The summed E-state index contributed by atoms with van der Waals surface area (Å²) in [5, 5.41) is 0. The third kappa shape index (κ3) is 3.00. The van der Waals surface area contributed by atoms with E-state index >= 15 is 0 Å². The van der Waals surface area contributed by atoms with Crippen LogP contribution in [0.15, 0.2) is 42.5 Å². The molecule has 0 bridgehead atoms. The number of hydrogen-bond acceptors (Lipinski definition) is 4. The maximum atomic E-state index is 11.0. The van der Waals surface area contributed by atoms with E-state index in [0.717, 1.165) is 0 Å². The third-order valence-corrected chi connectivity index (χ3v) is 2.69. The minimum atomic E-state index is -0.477. The average molecular weight is 272 g/mol. The molecule has 0 aliphatic carbocycles. The van der Waals surface area contributed by atoms with E-state index in [1.807, 2.05) is 6.92 Å². The van der Waals surface area contributed by atoms with Crippen LogP contribution in [0.2, 0.25) is 0 Å². The predicted molar refractivity (Wildman–Crippen MR) is 77.1 cm³/mol.